The molecule has 60 heavy (non-hydrogen) atoms. The molecule has 5 heterocycles. The van der Waals surface area contributed by atoms with Gasteiger partial charge in [-0.25, -0.2) is 14.8 Å². The number of nitrogens with one attached hydrogen (secondary N) is 3. The standard InChI is InChI=1S/C42H49F2N7O5.4H2S/c1-23(2)24(3)39(52)50-16-7-10-34(50)37-45-21-32(46-37)25-12-14-27-28-15-13-26(20-30(28)42(43,44)29(27)19-25)36-33-22-56-18-6-5-9-31(48-41(54)55-4)40(53)51-17-8-11-35(51)38(47-33)49-36;;;;/h12-15,19-21,23-24,31,34-35H,5-11,16-18,22H2,1-4H3,(H,45,46)(H,47,49)(H,48,54);4*1H2/t24-,31-,34-,35-;;;;/m0..../s1. The highest BCUT2D eigenvalue weighted by Crippen LogP contribution is 2.53. The number of alkyl halides is 2. The number of halogens is 2. The summed E-state index contributed by atoms with van der Waals surface area (Å²) in [4.78, 5) is 59.2. The van der Waals surface area contributed by atoms with Gasteiger partial charge in [-0.1, -0.05) is 45.0 Å². The number of hydrogen-bond acceptors (Lipinski definition) is 7. The van der Waals surface area contributed by atoms with Gasteiger partial charge < -0.3 is 34.6 Å². The molecule has 328 valence electrons. The maximum atomic E-state index is 16.6. The molecule has 0 spiro atoms. The van der Waals surface area contributed by atoms with Gasteiger partial charge >= 0.3 is 6.09 Å². The number of carbonyl (C=O) groups excluding carboxylic acids is 3. The predicted octanol–water partition coefficient (Wildman–Crippen LogP) is 8.08. The van der Waals surface area contributed by atoms with Gasteiger partial charge in [0, 0.05) is 47.9 Å². The third-order valence-corrected chi connectivity index (χ3v) is 12.1. The maximum Gasteiger partial charge on any atom is 0.407 e. The van der Waals surface area contributed by atoms with Crippen molar-refractivity contribution in [1.29, 1.82) is 0 Å². The number of nitrogens with zero attached hydrogens (tertiary/aromatic N) is 4. The van der Waals surface area contributed by atoms with Gasteiger partial charge in [0.15, 0.2) is 0 Å². The topological polar surface area (TPSA) is 146 Å². The minimum atomic E-state index is -3.29. The fraction of sp³-hybridized carbons (Fsp3) is 0.500. The second-order valence-electron chi connectivity index (χ2n) is 15.9. The maximum absolute atomic E-state index is 16.6. The minimum absolute atomic E-state index is 0. The first-order chi connectivity index (χ1) is 27.0. The van der Waals surface area contributed by atoms with Crippen LogP contribution in [0.4, 0.5) is 13.6 Å². The van der Waals surface area contributed by atoms with Crippen molar-refractivity contribution in [3.63, 3.8) is 0 Å². The van der Waals surface area contributed by atoms with Crippen molar-refractivity contribution < 1.29 is 32.6 Å². The highest BCUT2D eigenvalue weighted by atomic mass is 32.1. The number of aromatic amines is 2. The van der Waals surface area contributed by atoms with E-state index >= 15 is 8.78 Å². The van der Waals surface area contributed by atoms with Crippen LogP contribution in [0, 0.1) is 11.8 Å². The van der Waals surface area contributed by atoms with E-state index in [1.807, 2.05) is 37.8 Å². The Bertz CT molecular complexity index is 2170. The van der Waals surface area contributed by atoms with Crippen LogP contribution >= 0.6 is 54.0 Å². The molecule has 2 aromatic heterocycles. The SMILES string of the molecule is COC(=O)N[C@H]1CCCCOCc2[nH]c(nc2-c2ccc3c(c2)C(F)(F)c2cc(-c4cnc([C@@H]5CCCN5C(=O)[C@@H](C)C(C)C)[nH]4)ccc2-3)[C@@H]2CCCN2C1=O.S.S.S.S. The molecule has 3 amide bonds. The van der Waals surface area contributed by atoms with Gasteiger partial charge in [-0.2, -0.15) is 62.8 Å². The number of imidazole rings is 2. The number of amides is 3. The molecule has 0 unspecified atom stereocenters. The molecule has 1 aliphatic carbocycles. The highest BCUT2D eigenvalue weighted by Gasteiger charge is 2.45. The van der Waals surface area contributed by atoms with E-state index in [1.165, 1.54) is 19.2 Å². The first-order valence-corrected chi connectivity index (χ1v) is 19.8. The van der Waals surface area contributed by atoms with Crippen molar-refractivity contribution in [3.8, 4) is 33.6 Å². The number of aromatic nitrogens is 4. The zero-order chi connectivity index (χ0) is 39.3. The Balaban J connectivity index is 0.00000198. The zero-order valence-electron chi connectivity index (χ0n) is 34.3. The van der Waals surface area contributed by atoms with Gasteiger partial charge in [-0.3, -0.25) is 9.59 Å². The molecule has 12 nitrogen and oxygen atoms in total. The van der Waals surface area contributed by atoms with Crippen LogP contribution in [0.3, 0.4) is 0 Å². The second-order valence-corrected chi connectivity index (χ2v) is 15.9. The van der Waals surface area contributed by atoms with E-state index in [9.17, 15) is 14.4 Å². The summed E-state index contributed by atoms with van der Waals surface area (Å²) >= 11 is 0. The lowest BCUT2D eigenvalue weighted by atomic mass is 9.96. The molecule has 2 saturated heterocycles. The molecule has 18 heteroatoms. The normalized spacial score (nSPS) is 21.0. The van der Waals surface area contributed by atoms with E-state index in [0.29, 0.717) is 96.4 Å². The summed E-state index contributed by atoms with van der Waals surface area (Å²) in [5.74, 6) is -2.05. The number of carbonyl (C=O) groups is 3. The van der Waals surface area contributed by atoms with E-state index in [0.717, 1.165) is 19.3 Å². The Morgan fingerprint density at radius 2 is 1.55 bits per heavy atom. The number of H-pyrrole nitrogens is 2. The zero-order valence-corrected chi connectivity index (χ0v) is 38.3. The summed E-state index contributed by atoms with van der Waals surface area (Å²) in [6.45, 7) is 7.83. The van der Waals surface area contributed by atoms with E-state index in [4.69, 9.17) is 14.5 Å². The molecule has 0 radical (unpaired) electrons. The average molecular weight is 906 g/mol. The van der Waals surface area contributed by atoms with Crippen LogP contribution in [-0.2, 0) is 31.6 Å². The van der Waals surface area contributed by atoms with Gasteiger partial charge in [-0.05, 0) is 74.1 Å². The number of rotatable bonds is 6. The summed E-state index contributed by atoms with van der Waals surface area (Å²) in [6.07, 6.45) is 5.85. The van der Waals surface area contributed by atoms with Crippen molar-refractivity contribution in [2.45, 2.75) is 96.4 Å². The summed E-state index contributed by atoms with van der Waals surface area (Å²) in [5, 5.41) is 2.70. The number of alkyl carbamates (subject to hydrolysis) is 1. The molecular weight excluding hydrogens is 849 g/mol. The van der Waals surface area contributed by atoms with Crippen LogP contribution in [0.1, 0.15) is 106 Å². The third kappa shape index (κ3) is 9.08. The Kier molecular flexibility index (Phi) is 16.3. The summed E-state index contributed by atoms with van der Waals surface area (Å²) in [5.41, 5.74) is 3.61. The fourth-order valence-corrected chi connectivity index (χ4v) is 8.68. The Hall–Kier alpha value is -3.71. The molecule has 3 N–H and O–H groups in total. The van der Waals surface area contributed by atoms with Gasteiger partial charge in [0.25, 0.3) is 5.92 Å². The van der Waals surface area contributed by atoms with Crippen LogP contribution in [0.15, 0.2) is 42.6 Å². The lowest BCUT2D eigenvalue weighted by Gasteiger charge is -2.28. The van der Waals surface area contributed by atoms with E-state index < -0.39 is 18.1 Å². The monoisotopic (exact) mass is 905 g/mol. The van der Waals surface area contributed by atoms with Crippen LogP contribution in [0.25, 0.3) is 33.6 Å². The minimum Gasteiger partial charge on any atom is -0.453 e. The van der Waals surface area contributed by atoms with Crippen molar-refractivity contribution >= 4 is 71.9 Å². The van der Waals surface area contributed by atoms with Gasteiger partial charge in [-0.15, -0.1) is 0 Å². The summed E-state index contributed by atoms with van der Waals surface area (Å²) < 4.78 is 44.0. The molecule has 3 aliphatic heterocycles. The lowest BCUT2D eigenvalue weighted by molar-refractivity contribution is -0.137. The molecule has 2 bridgehead atoms. The van der Waals surface area contributed by atoms with Crippen molar-refractivity contribution in [2.24, 2.45) is 11.8 Å². The van der Waals surface area contributed by atoms with Crippen LogP contribution in [0.5, 0.6) is 0 Å². The Morgan fingerprint density at radius 3 is 2.25 bits per heavy atom. The average Bonchev–Trinajstić information content (AvgIpc) is 4.04. The van der Waals surface area contributed by atoms with Gasteiger partial charge in [0.2, 0.25) is 11.8 Å². The number of hydrogen-bond donors (Lipinski definition) is 3. The van der Waals surface area contributed by atoms with Crippen molar-refractivity contribution in [3.05, 3.63) is 71.1 Å². The second kappa shape index (κ2) is 20.0. The van der Waals surface area contributed by atoms with E-state index in [2.05, 4.69) is 20.3 Å². The lowest BCUT2D eigenvalue weighted by Crippen LogP contribution is -2.48. The van der Waals surface area contributed by atoms with Crippen LogP contribution in [0.2, 0.25) is 0 Å². The summed E-state index contributed by atoms with van der Waals surface area (Å²) in [7, 11) is 1.27. The van der Waals surface area contributed by atoms with Crippen LogP contribution in [-0.4, -0.2) is 80.5 Å². The molecule has 4 aromatic rings. The first-order valence-electron chi connectivity index (χ1n) is 19.8. The number of benzene rings is 2. The quantitative estimate of drug-likeness (QED) is 0.178. The molecule has 2 aromatic carbocycles. The smallest absolute Gasteiger partial charge is 0.407 e. The van der Waals surface area contributed by atoms with Crippen molar-refractivity contribution in [1.82, 2.24) is 35.1 Å². The Labute approximate surface area is 377 Å². The van der Waals surface area contributed by atoms with E-state index in [1.54, 1.807) is 23.2 Å². The fourth-order valence-electron chi connectivity index (χ4n) is 8.68. The highest BCUT2D eigenvalue weighted by molar-refractivity contribution is 7.59. The molecule has 8 rings (SSSR count). The predicted molar refractivity (Wildman–Crippen MR) is 246 cm³/mol. The number of methoxy groups -OCH3 is 1. The number of fused-ring (bicyclic) bond motifs is 7. The van der Waals surface area contributed by atoms with Gasteiger partial charge in [0.1, 0.15) is 17.7 Å². The van der Waals surface area contributed by atoms with Gasteiger partial charge in [0.05, 0.1) is 49.1 Å². The first kappa shape index (κ1) is 49.0. The van der Waals surface area contributed by atoms with E-state index in [-0.39, 0.29) is 107 Å². The largest absolute Gasteiger partial charge is 0.453 e. The Morgan fingerprint density at radius 1 is 0.883 bits per heavy atom. The summed E-state index contributed by atoms with van der Waals surface area (Å²) in [6, 6.07) is 8.87. The molecule has 4 aliphatic rings. The van der Waals surface area contributed by atoms with Crippen molar-refractivity contribution in [2.75, 3.05) is 26.8 Å². The molecule has 2 fully saturated rings. The third-order valence-electron chi connectivity index (χ3n) is 12.1. The molecule has 0 saturated carbocycles. The van der Waals surface area contributed by atoms with Crippen LogP contribution < -0.4 is 5.32 Å². The molecule has 4 atom stereocenters. The number of ether oxygens (including phenoxy) is 2. The molecular formula is C42H57F2N7O5S4. The number of likely N-dealkylation sites (tertiary alicyclic amines) is 1.